The van der Waals surface area contributed by atoms with Crippen molar-refractivity contribution >= 4 is 28.3 Å². The summed E-state index contributed by atoms with van der Waals surface area (Å²) >= 11 is 1.02. The fraction of sp³-hybridized carbons (Fsp3) is 0.412. The highest BCUT2D eigenvalue weighted by atomic mass is 32.1. The summed E-state index contributed by atoms with van der Waals surface area (Å²) in [6, 6.07) is 3.07. The summed E-state index contributed by atoms with van der Waals surface area (Å²) in [4.78, 5) is 25.7. The van der Waals surface area contributed by atoms with Gasteiger partial charge in [-0.2, -0.15) is 5.23 Å². The minimum Gasteiger partial charge on any atom is -0.594 e. The van der Waals surface area contributed by atoms with Gasteiger partial charge < -0.3 is 20.0 Å². The number of carbonyl (C=O) groups is 2. The van der Waals surface area contributed by atoms with Crippen LogP contribution < -0.4 is 10.5 Å². The van der Waals surface area contributed by atoms with Crippen molar-refractivity contribution in [3.8, 4) is 0 Å². The van der Waals surface area contributed by atoms with Crippen LogP contribution in [-0.2, 0) is 19.1 Å². The summed E-state index contributed by atoms with van der Waals surface area (Å²) in [5, 5.41) is 22.6. The van der Waals surface area contributed by atoms with Crippen LogP contribution in [0.3, 0.4) is 0 Å². The Balaban J connectivity index is 2.60. The molecule has 0 bridgehead atoms. The number of rotatable bonds is 6. The van der Waals surface area contributed by atoms with E-state index >= 15 is 0 Å². The third-order valence-corrected chi connectivity index (χ3v) is 5.01. The Labute approximate surface area is 155 Å². The summed E-state index contributed by atoms with van der Waals surface area (Å²) in [5.41, 5.74) is 1.67. The molecule has 3 N–H and O–H groups in total. The summed E-state index contributed by atoms with van der Waals surface area (Å²) in [7, 11) is 0. The Morgan fingerprint density at radius 2 is 1.65 bits per heavy atom. The molecule has 2 heterocycles. The quantitative estimate of drug-likeness (QED) is 0.505. The molecule has 142 valence electrons. The molecule has 0 saturated carbocycles. The first-order chi connectivity index (χ1) is 12.3. The minimum atomic E-state index is -1.06. The largest absolute Gasteiger partial charge is 0.594 e. The molecule has 9 heteroatoms. The first-order valence-corrected chi connectivity index (χ1v) is 8.99. The van der Waals surface area contributed by atoms with E-state index in [0.29, 0.717) is 16.3 Å². The van der Waals surface area contributed by atoms with Crippen molar-refractivity contribution in [2.24, 2.45) is 0 Å². The second-order valence-corrected chi connectivity index (χ2v) is 6.70. The second kappa shape index (κ2) is 8.45. The number of dihydropyridines is 1. The van der Waals surface area contributed by atoms with Crippen molar-refractivity contribution in [2.45, 2.75) is 33.6 Å². The van der Waals surface area contributed by atoms with Gasteiger partial charge in [0.25, 0.3) is 0 Å². The Morgan fingerprint density at radius 3 is 2.04 bits per heavy atom. The van der Waals surface area contributed by atoms with Crippen LogP contribution in [0.1, 0.15) is 38.5 Å². The fourth-order valence-electron chi connectivity index (χ4n) is 2.86. The van der Waals surface area contributed by atoms with Gasteiger partial charge in [-0.3, -0.25) is 0 Å². The number of nitrogens with one attached hydrogen (secondary N) is 2. The van der Waals surface area contributed by atoms with E-state index in [1.54, 1.807) is 33.8 Å². The van der Waals surface area contributed by atoms with Crippen molar-refractivity contribution in [1.29, 1.82) is 0 Å². The number of hydrogen-bond donors (Lipinski definition) is 3. The molecule has 1 aromatic heterocycles. The predicted octanol–water partition coefficient (Wildman–Crippen LogP) is 1.51. The average Bonchev–Trinajstić information content (AvgIpc) is 3.04. The molecule has 1 atom stereocenters. The smallest absolute Gasteiger partial charge is 0.336 e. The zero-order valence-electron chi connectivity index (χ0n) is 15.0. The standard InChI is InChI=1S/C17H22N2O6S/c1-5-24-16(20)13-9(3)18-10(4)14(17(21)25-6-2)15(13)11-7-8-12(26-11)19(22)23/h7-8,15,18-19,22H,5-6H2,1-4H3. The van der Waals surface area contributed by atoms with Crippen molar-refractivity contribution in [3.05, 3.63) is 44.8 Å². The number of esters is 2. The summed E-state index contributed by atoms with van der Waals surface area (Å²) < 4.78 is 10.3. The minimum absolute atomic E-state index is 0.125. The first kappa shape index (κ1) is 20.1. The topological polar surface area (TPSA) is 112 Å². The zero-order chi connectivity index (χ0) is 19.4. The van der Waals surface area contributed by atoms with Gasteiger partial charge in [0.1, 0.15) is 0 Å². The molecule has 1 aliphatic heterocycles. The van der Waals surface area contributed by atoms with E-state index in [2.05, 4.69) is 5.32 Å². The summed E-state index contributed by atoms with van der Waals surface area (Å²) in [5.74, 6) is -1.85. The van der Waals surface area contributed by atoms with Crippen molar-refractivity contribution in [3.63, 3.8) is 0 Å². The summed E-state index contributed by atoms with van der Waals surface area (Å²) in [6.07, 6.45) is 0. The molecule has 0 aromatic carbocycles. The van der Waals surface area contributed by atoms with Crippen molar-refractivity contribution in [2.75, 3.05) is 13.2 Å². The molecule has 1 unspecified atom stereocenters. The monoisotopic (exact) mass is 382 g/mol. The van der Waals surface area contributed by atoms with Gasteiger partial charge in [0.15, 0.2) is 0 Å². The Bertz CT molecular complexity index is 725. The fourth-order valence-corrected chi connectivity index (χ4v) is 3.83. The maximum absolute atomic E-state index is 12.6. The Morgan fingerprint density at radius 1 is 1.15 bits per heavy atom. The van der Waals surface area contributed by atoms with Gasteiger partial charge in [-0.1, -0.05) is 11.3 Å². The van der Waals surface area contributed by atoms with Crippen LogP contribution in [-0.4, -0.2) is 30.4 Å². The molecule has 0 fully saturated rings. The van der Waals surface area contributed by atoms with Crippen LogP contribution in [0.2, 0.25) is 0 Å². The highest BCUT2D eigenvalue weighted by Crippen LogP contribution is 2.42. The lowest BCUT2D eigenvalue weighted by molar-refractivity contribution is -0.989. The van der Waals surface area contributed by atoms with Crippen LogP contribution >= 0.6 is 11.3 Å². The lowest BCUT2D eigenvalue weighted by atomic mass is 9.84. The number of thiophene rings is 1. The number of quaternary nitrogens is 1. The van der Waals surface area contributed by atoms with Gasteiger partial charge in [0.2, 0.25) is 5.00 Å². The average molecular weight is 382 g/mol. The number of allylic oxidation sites excluding steroid dienone is 2. The molecule has 2 rings (SSSR count). The van der Waals surface area contributed by atoms with E-state index in [1.807, 2.05) is 0 Å². The van der Waals surface area contributed by atoms with Gasteiger partial charge in [0.05, 0.1) is 30.3 Å². The molecule has 1 aromatic rings. The molecular weight excluding hydrogens is 360 g/mol. The third kappa shape index (κ3) is 3.96. The van der Waals surface area contributed by atoms with E-state index < -0.39 is 23.1 Å². The van der Waals surface area contributed by atoms with E-state index in [9.17, 15) is 20.0 Å². The van der Waals surface area contributed by atoms with Crippen molar-refractivity contribution in [1.82, 2.24) is 5.32 Å². The number of ether oxygens (including phenoxy) is 2. The van der Waals surface area contributed by atoms with Crippen LogP contribution in [0.25, 0.3) is 0 Å². The summed E-state index contributed by atoms with van der Waals surface area (Å²) in [6.45, 7) is 7.20. The molecular formula is C17H22N2O6S. The highest BCUT2D eigenvalue weighted by Gasteiger charge is 2.39. The van der Waals surface area contributed by atoms with Gasteiger partial charge in [0, 0.05) is 22.3 Å². The van der Waals surface area contributed by atoms with Crippen LogP contribution in [0.5, 0.6) is 0 Å². The van der Waals surface area contributed by atoms with Gasteiger partial charge in [-0.15, -0.1) is 0 Å². The molecule has 0 amide bonds. The third-order valence-electron chi connectivity index (χ3n) is 3.87. The van der Waals surface area contributed by atoms with Gasteiger partial charge in [-0.05, 0) is 33.8 Å². The van der Waals surface area contributed by atoms with Crippen LogP contribution in [0.15, 0.2) is 34.7 Å². The molecule has 0 aliphatic carbocycles. The maximum atomic E-state index is 12.6. The predicted molar refractivity (Wildman–Crippen MR) is 94.6 cm³/mol. The number of hydrogen-bond acceptors (Lipinski definition) is 8. The van der Waals surface area contributed by atoms with Gasteiger partial charge in [-0.25, -0.2) is 14.8 Å². The first-order valence-electron chi connectivity index (χ1n) is 8.17. The van der Waals surface area contributed by atoms with Gasteiger partial charge >= 0.3 is 11.9 Å². The van der Waals surface area contributed by atoms with E-state index in [1.165, 1.54) is 6.07 Å². The molecule has 1 aliphatic rings. The second-order valence-electron chi connectivity index (χ2n) is 5.58. The normalized spacial score (nSPS) is 16.4. The lowest BCUT2D eigenvalue weighted by Crippen LogP contribution is -2.98. The maximum Gasteiger partial charge on any atom is 0.336 e. The van der Waals surface area contributed by atoms with Crippen molar-refractivity contribution < 1.29 is 29.5 Å². The SMILES string of the molecule is CCOC(=O)C1=C(C)NC(C)=C(C(=O)OCC)C1c1ccc([NH+]([O-])O)s1. The molecule has 0 saturated heterocycles. The van der Waals surface area contributed by atoms with E-state index in [0.717, 1.165) is 11.3 Å². The lowest BCUT2D eigenvalue weighted by Gasteiger charge is -2.29. The molecule has 0 spiro atoms. The van der Waals surface area contributed by atoms with Crippen LogP contribution in [0.4, 0.5) is 5.00 Å². The zero-order valence-corrected chi connectivity index (χ0v) is 15.9. The highest BCUT2D eigenvalue weighted by molar-refractivity contribution is 7.15. The van der Waals surface area contributed by atoms with E-state index in [4.69, 9.17) is 9.47 Å². The van der Waals surface area contributed by atoms with E-state index in [-0.39, 0.29) is 29.4 Å². The molecule has 8 nitrogen and oxygen atoms in total. The Hall–Kier alpha value is -2.20. The molecule has 0 radical (unpaired) electrons. The number of carbonyl (C=O) groups excluding carboxylic acids is 2. The van der Waals surface area contributed by atoms with Crippen LogP contribution in [0, 0.1) is 5.21 Å². The Kier molecular flexibility index (Phi) is 6.54. The molecule has 26 heavy (non-hydrogen) atoms.